The van der Waals surface area contributed by atoms with E-state index >= 15 is 0 Å². The molecule has 6 nitrogen and oxygen atoms in total. The second-order valence-corrected chi connectivity index (χ2v) is 5.78. The van der Waals surface area contributed by atoms with Crippen molar-refractivity contribution in [3.63, 3.8) is 0 Å². The first-order valence-corrected chi connectivity index (χ1v) is 8.00. The average Bonchev–Trinajstić information content (AvgIpc) is 2.98. The molecule has 4 aromatic rings. The third-order valence-corrected chi connectivity index (χ3v) is 4.07. The van der Waals surface area contributed by atoms with Crippen LogP contribution in [0.15, 0.2) is 65.8 Å². The van der Waals surface area contributed by atoms with Gasteiger partial charge in [0, 0.05) is 11.3 Å². The van der Waals surface area contributed by atoms with Crippen molar-refractivity contribution in [1.82, 2.24) is 19.5 Å². The molecule has 2 N–H and O–H groups in total. The molecule has 122 valence electrons. The number of para-hydroxylation sites is 1. The van der Waals surface area contributed by atoms with Crippen LogP contribution in [0.1, 0.15) is 10.5 Å². The summed E-state index contributed by atoms with van der Waals surface area (Å²) in [6.07, 6.45) is 0. The van der Waals surface area contributed by atoms with Gasteiger partial charge in [-0.2, -0.15) is 0 Å². The summed E-state index contributed by atoms with van der Waals surface area (Å²) < 4.78 is 1.76. The first-order valence-electron chi connectivity index (χ1n) is 7.55. The molecule has 0 aliphatic rings. The van der Waals surface area contributed by atoms with E-state index in [1.807, 2.05) is 60.7 Å². The van der Waals surface area contributed by atoms with Gasteiger partial charge in [-0.1, -0.05) is 48.5 Å². The Morgan fingerprint density at radius 2 is 1.56 bits per heavy atom. The molecule has 4 rings (SSSR count). The maximum absolute atomic E-state index is 11.9. The molecule has 0 unspecified atom stereocenters. The number of nitrogens with two attached hydrogens (primary N) is 1. The first kappa shape index (κ1) is 15.3. The minimum atomic E-state index is -0.657. The second-order valence-electron chi connectivity index (χ2n) is 5.38. The molecule has 25 heavy (non-hydrogen) atoms. The lowest BCUT2D eigenvalue weighted by molar-refractivity contribution is 0.0997. The predicted octanol–water partition coefficient (Wildman–Crippen LogP) is 2.87. The monoisotopic (exact) mass is 347 g/mol. The molecule has 0 radical (unpaired) electrons. The van der Waals surface area contributed by atoms with Gasteiger partial charge in [-0.05, 0) is 12.1 Å². The number of thiol groups is 1. The second kappa shape index (κ2) is 6.03. The maximum atomic E-state index is 11.9. The van der Waals surface area contributed by atoms with Crippen molar-refractivity contribution in [3.05, 3.63) is 66.4 Å². The van der Waals surface area contributed by atoms with E-state index in [4.69, 9.17) is 5.73 Å². The van der Waals surface area contributed by atoms with Gasteiger partial charge in [-0.3, -0.25) is 9.36 Å². The van der Waals surface area contributed by atoms with Crippen molar-refractivity contribution in [2.75, 3.05) is 0 Å². The van der Waals surface area contributed by atoms with Gasteiger partial charge in [0.25, 0.3) is 5.91 Å². The molecule has 7 heteroatoms. The lowest BCUT2D eigenvalue weighted by Crippen LogP contribution is -2.15. The van der Waals surface area contributed by atoms with Crippen molar-refractivity contribution in [2.45, 2.75) is 5.16 Å². The molecule has 2 heterocycles. The Labute approximate surface area is 148 Å². The molecule has 0 aliphatic heterocycles. The number of carbonyl (C=O) groups is 1. The Kier molecular flexibility index (Phi) is 3.70. The standard InChI is InChI=1S/C18H13N5OS/c19-15(24)13-14-17(22-16(20-13)11-7-3-1-4-8-11)23(18(25)21-14)12-9-5-2-6-10-12/h1-10H,(H2,19,24)(H,21,25). The number of fused-ring (bicyclic) bond motifs is 1. The summed E-state index contributed by atoms with van der Waals surface area (Å²) in [5.74, 6) is -0.247. The maximum Gasteiger partial charge on any atom is 0.269 e. The van der Waals surface area contributed by atoms with Crippen molar-refractivity contribution >= 4 is 29.7 Å². The highest BCUT2D eigenvalue weighted by atomic mass is 32.1. The highest BCUT2D eigenvalue weighted by Gasteiger charge is 2.20. The number of hydrogen-bond acceptors (Lipinski definition) is 5. The Morgan fingerprint density at radius 3 is 2.20 bits per heavy atom. The molecule has 0 fully saturated rings. The topological polar surface area (TPSA) is 86.7 Å². The minimum Gasteiger partial charge on any atom is -0.364 e. The Balaban J connectivity index is 2.07. The minimum absolute atomic E-state index is 0.0776. The van der Waals surface area contributed by atoms with E-state index < -0.39 is 5.91 Å². The zero-order valence-electron chi connectivity index (χ0n) is 13.0. The van der Waals surface area contributed by atoms with Crippen LogP contribution in [0.4, 0.5) is 0 Å². The van der Waals surface area contributed by atoms with Gasteiger partial charge in [0.2, 0.25) is 0 Å². The average molecular weight is 347 g/mol. The smallest absolute Gasteiger partial charge is 0.269 e. The van der Waals surface area contributed by atoms with Crippen LogP contribution in [-0.2, 0) is 0 Å². The SMILES string of the molecule is NC(=O)c1nc(-c2ccccc2)nc2c1nc(S)n2-c1ccccc1. The summed E-state index contributed by atoms with van der Waals surface area (Å²) in [5, 5.41) is 0.406. The van der Waals surface area contributed by atoms with Crippen LogP contribution >= 0.6 is 12.6 Å². The molecular weight excluding hydrogens is 334 g/mol. The number of primary amides is 1. The fourth-order valence-corrected chi connectivity index (χ4v) is 2.96. The third kappa shape index (κ3) is 2.64. The Hall–Kier alpha value is -3.19. The molecular formula is C18H13N5OS. The number of benzene rings is 2. The number of carbonyl (C=O) groups excluding carboxylic acids is 1. The highest BCUT2D eigenvalue weighted by molar-refractivity contribution is 7.80. The highest BCUT2D eigenvalue weighted by Crippen LogP contribution is 2.26. The normalized spacial score (nSPS) is 10.9. The van der Waals surface area contributed by atoms with E-state index in [0.29, 0.717) is 22.1 Å². The molecule has 0 saturated heterocycles. The fraction of sp³-hybridized carbons (Fsp3) is 0. The summed E-state index contributed by atoms with van der Waals surface area (Å²) in [6.45, 7) is 0. The zero-order valence-corrected chi connectivity index (χ0v) is 13.9. The van der Waals surface area contributed by atoms with Crippen LogP contribution in [0, 0.1) is 0 Å². The van der Waals surface area contributed by atoms with Gasteiger partial charge in [-0.25, -0.2) is 15.0 Å². The number of hydrogen-bond donors (Lipinski definition) is 2. The van der Waals surface area contributed by atoms with Crippen LogP contribution in [0.25, 0.3) is 28.2 Å². The summed E-state index contributed by atoms with van der Waals surface area (Å²) in [6, 6.07) is 19.0. The van der Waals surface area contributed by atoms with Crippen molar-refractivity contribution < 1.29 is 4.79 Å². The van der Waals surface area contributed by atoms with E-state index in [1.165, 1.54) is 0 Å². The van der Waals surface area contributed by atoms with Gasteiger partial charge in [0.05, 0.1) is 0 Å². The Bertz CT molecular complexity index is 1080. The van der Waals surface area contributed by atoms with Crippen LogP contribution in [-0.4, -0.2) is 25.4 Å². The van der Waals surface area contributed by atoms with E-state index in [1.54, 1.807) is 4.57 Å². The number of aromatic nitrogens is 4. The number of rotatable bonds is 3. The molecule has 0 atom stereocenters. The number of amides is 1. The molecule has 0 saturated carbocycles. The van der Waals surface area contributed by atoms with Gasteiger partial charge in [0.1, 0.15) is 5.52 Å². The van der Waals surface area contributed by atoms with Gasteiger partial charge >= 0.3 is 0 Å². The van der Waals surface area contributed by atoms with Crippen molar-refractivity contribution in [3.8, 4) is 17.1 Å². The van der Waals surface area contributed by atoms with Crippen LogP contribution in [0.3, 0.4) is 0 Å². The number of nitrogens with zero attached hydrogens (tertiary/aromatic N) is 4. The van der Waals surface area contributed by atoms with Crippen molar-refractivity contribution in [1.29, 1.82) is 0 Å². The van der Waals surface area contributed by atoms with E-state index in [-0.39, 0.29) is 5.69 Å². The largest absolute Gasteiger partial charge is 0.364 e. The van der Waals surface area contributed by atoms with Gasteiger partial charge in [-0.15, -0.1) is 12.6 Å². The fourth-order valence-electron chi connectivity index (χ4n) is 2.65. The molecule has 2 aromatic heterocycles. The van der Waals surface area contributed by atoms with E-state index in [9.17, 15) is 4.79 Å². The van der Waals surface area contributed by atoms with E-state index in [0.717, 1.165) is 11.3 Å². The van der Waals surface area contributed by atoms with Gasteiger partial charge < -0.3 is 5.73 Å². The number of imidazole rings is 1. The van der Waals surface area contributed by atoms with Crippen molar-refractivity contribution in [2.24, 2.45) is 5.73 Å². The quantitative estimate of drug-likeness (QED) is 0.558. The summed E-state index contributed by atoms with van der Waals surface area (Å²) in [4.78, 5) is 25.2. The van der Waals surface area contributed by atoms with E-state index in [2.05, 4.69) is 27.6 Å². The predicted molar refractivity (Wildman–Crippen MR) is 97.9 cm³/mol. The van der Waals surface area contributed by atoms with Crippen LogP contribution in [0.2, 0.25) is 0 Å². The Morgan fingerprint density at radius 1 is 0.920 bits per heavy atom. The molecule has 0 bridgehead atoms. The third-order valence-electron chi connectivity index (χ3n) is 3.77. The van der Waals surface area contributed by atoms with Crippen LogP contribution in [0.5, 0.6) is 0 Å². The lowest BCUT2D eigenvalue weighted by atomic mass is 10.2. The van der Waals surface area contributed by atoms with Gasteiger partial charge in [0.15, 0.2) is 22.3 Å². The summed E-state index contributed by atoms with van der Waals surface area (Å²) in [7, 11) is 0. The molecule has 0 aliphatic carbocycles. The molecule has 2 aromatic carbocycles. The lowest BCUT2D eigenvalue weighted by Gasteiger charge is -2.07. The summed E-state index contributed by atoms with van der Waals surface area (Å²) in [5.41, 5.74) is 8.04. The zero-order chi connectivity index (χ0) is 17.4. The molecule has 1 amide bonds. The van der Waals surface area contributed by atoms with Crippen LogP contribution < -0.4 is 5.73 Å². The molecule has 0 spiro atoms. The first-order chi connectivity index (χ1) is 12.1. The summed E-state index contributed by atoms with van der Waals surface area (Å²) >= 11 is 4.44.